The number of methoxy groups -OCH3 is 1. The summed E-state index contributed by atoms with van der Waals surface area (Å²) in [6, 6.07) is 0. The van der Waals surface area contributed by atoms with Crippen molar-refractivity contribution in [2.24, 2.45) is 11.3 Å². The van der Waals surface area contributed by atoms with Crippen molar-refractivity contribution >= 4 is 11.8 Å². The second-order valence-electron chi connectivity index (χ2n) is 4.16. The first-order chi connectivity index (χ1) is 5.98. The van der Waals surface area contributed by atoms with Crippen LogP contribution in [-0.2, 0) is 14.3 Å². The Hall–Kier alpha value is -0.860. The lowest BCUT2D eigenvalue weighted by atomic mass is 9.79. The first kappa shape index (κ1) is 10.2. The van der Waals surface area contributed by atoms with Gasteiger partial charge >= 0.3 is 5.97 Å². The molecule has 1 atom stereocenters. The van der Waals surface area contributed by atoms with Crippen molar-refractivity contribution in [1.29, 1.82) is 0 Å². The summed E-state index contributed by atoms with van der Waals surface area (Å²) >= 11 is 0. The Morgan fingerprint density at radius 3 is 2.62 bits per heavy atom. The fourth-order valence-corrected chi connectivity index (χ4v) is 1.86. The van der Waals surface area contributed by atoms with Crippen LogP contribution in [-0.4, -0.2) is 18.9 Å². The Kier molecular flexibility index (Phi) is 2.74. The molecule has 1 rings (SSSR count). The summed E-state index contributed by atoms with van der Waals surface area (Å²) in [6.07, 6.45) is 1.80. The molecule has 13 heavy (non-hydrogen) atoms. The maximum Gasteiger partial charge on any atom is 0.305 e. The quantitative estimate of drug-likeness (QED) is 0.611. The van der Waals surface area contributed by atoms with Gasteiger partial charge in [0.2, 0.25) is 0 Å². The molecule has 0 heterocycles. The number of Topliss-reactive ketones (excluding diaryl/α,β-unsaturated/α-hetero) is 1. The Morgan fingerprint density at radius 1 is 1.62 bits per heavy atom. The van der Waals surface area contributed by atoms with Gasteiger partial charge in [-0.15, -0.1) is 0 Å². The summed E-state index contributed by atoms with van der Waals surface area (Å²) in [6.45, 7) is 3.83. The number of ketones is 1. The highest BCUT2D eigenvalue weighted by Gasteiger charge is 2.42. The minimum absolute atomic E-state index is 0.160. The summed E-state index contributed by atoms with van der Waals surface area (Å²) in [5.41, 5.74) is -0.339. The van der Waals surface area contributed by atoms with Crippen LogP contribution in [0.25, 0.3) is 0 Å². The fraction of sp³-hybridized carbons (Fsp3) is 0.800. The predicted octanol–water partition coefficient (Wildman–Crippen LogP) is 1.55. The Morgan fingerprint density at radius 2 is 2.23 bits per heavy atom. The number of hydrogen-bond donors (Lipinski definition) is 0. The van der Waals surface area contributed by atoms with Crippen molar-refractivity contribution in [2.75, 3.05) is 7.11 Å². The number of ether oxygens (including phenoxy) is 1. The second-order valence-corrected chi connectivity index (χ2v) is 4.16. The van der Waals surface area contributed by atoms with E-state index in [9.17, 15) is 9.59 Å². The summed E-state index contributed by atoms with van der Waals surface area (Å²) in [5, 5.41) is 0. The zero-order valence-corrected chi connectivity index (χ0v) is 8.42. The minimum atomic E-state index is -0.339. The van der Waals surface area contributed by atoms with Crippen molar-refractivity contribution in [3.05, 3.63) is 0 Å². The third kappa shape index (κ3) is 1.90. The van der Waals surface area contributed by atoms with E-state index in [0.717, 1.165) is 6.42 Å². The van der Waals surface area contributed by atoms with Crippen LogP contribution in [0.2, 0.25) is 0 Å². The Labute approximate surface area is 78.5 Å². The molecule has 1 aliphatic carbocycles. The number of hydrogen-bond acceptors (Lipinski definition) is 3. The molecule has 1 aliphatic rings. The highest BCUT2D eigenvalue weighted by molar-refractivity contribution is 5.87. The van der Waals surface area contributed by atoms with Gasteiger partial charge in [0.15, 0.2) is 0 Å². The lowest BCUT2D eigenvalue weighted by Gasteiger charge is -2.23. The molecule has 0 aromatic carbocycles. The van der Waals surface area contributed by atoms with E-state index >= 15 is 0 Å². The predicted molar refractivity (Wildman–Crippen MR) is 48.1 cm³/mol. The molecule has 1 unspecified atom stereocenters. The number of rotatable bonds is 2. The van der Waals surface area contributed by atoms with E-state index in [4.69, 9.17) is 0 Å². The Bertz CT molecular complexity index is 230. The average molecular weight is 184 g/mol. The first-order valence-electron chi connectivity index (χ1n) is 4.58. The molecule has 3 heteroatoms. The van der Waals surface area contributed by atoms with Gasteiger partial charge in [-0.1, -0.05) is 13.8 Å². The first-order valence-corrected chi connectivity index (χ1v) is 4.58. The number of carbonyl (C=O) groups excluding carboxylic acids is 2. The molecule has 0 aromatic rings. The maximum atomic E-state index is 11.4. The molecule has 1 fully saturated rings. The van der Waals surface area contributed by atoms with Crippen LogP contribution in [0, 0.1) is 11.3 Å². The lowest BCUT2D eigenvalue weighted by Crippen LogP contribution is -2.27. The maximum absolute atomic E-state index is 11.4. The second kappa shape index (κ2) is 3.48. The van der Waals surface area contributed by atoms with E-state index in [-0.39, 0.29) is 23.1 Å². The van der Waals surface area contributed by atoms with Crippen LogP contribution in [0.15, 0.2) is 0 Å². The van der Waals surface area contributed by atoms with Gasteiger partial charge < -0.3 is 4.74 Å². The van der Waals surface area contributed by atoms with E-state index in [1.165, 1.54) is 7.11 Å². The van der Waals surface area contributed by atoms with Crippen molar-refractivity contribution < 1.29 is 14.3 Å². The van der Waals surface area contributed by atoms with Crippen LogP contribution < -0.4 is 0 Å². The van der Waals surface area contributed by atoms with Crippen molar-refractivity contribution in [2.45, 2.75) is 33.1 Å². The SMILES string of the molecule is COC(=O)CC1CCC(=O)C1(C)C. The molecule has 0 amide bonds. The van der Waals surface area contributed by atoms with Gasteiger partial charge in [0.25, 0.3) is 0 Å². The smallest absolute Gasteiger partial charge is 0.305 e. The molecule has 0 N–H and O–H groups in total. The largest absolute Gasteiger partial charge is 0.469 e. The standard InChI is InChI=1S/C10H16O3/c1-10(2)7(4-5-8(10)11)6-9(12)13-3/h7H,4-6H2,1-3H3. The summed E-state index contributed by atoms with van der Waals surface area (Å²) < 4.78 is 4.59. The topological polar surface area (TPSA) is 43.4 Å². The fourth-order valence-electron chi connectivity index (χ4n) is 1.86. The van der Waals surface area contributed by atoms with Gasteiger partial charge in [-0.05, 0) is 12.3 Å². The van der Waals surface area contributed by atoms with Crippen molar-refractivity contribution in [1.82, 2.24) is 0 Å². The third-order valence-electron chi connectivity index (χ3n) is 3.10. The van der Waals surface area contributed by atoms with E-state index in [2.05, 4.69) is 4.74 Å². The molecule has 1 saturated carbocycles. The molecular formula is C10H16O3. The van der Waals surface area contributed by atoms with Gasteiger partial charge in [-0.25, -0.2) is 0 Å². The lowest BCUT2D eigenvalue weighted by molar-refractivity contribution is -0.142. The van der Waals surface area contributed by atoms with Gasteiger partial charge in [0.1, 0.15) is 5.78 Å². The molecule has 0 radical (unpaired) electrons. The number of esters is 1. The van der Waals surface area contributed by atoms with E-state index in [1.807, 2.05) is 13.8 Å². The summed E-state index contributed by atoms with van der Waals surface area (Å²) in [5.74, 6) is 0.210. The zero-order valence-electron chi connectivity index (χ0n) is 8.42. The highest BCUT2D eigenvalue weighted by Crippen LogP contribution is 2.41. The molecule has 0 aromatic heterocycles. The van der Waals surface area contributed by atoms with Gasteiger partial charge in [-0.2, -0.15) is 0 Å². The van der Waals surface area contributed by atoms with E-state index in [0.29, 0.717) is 12.8 Å². The summed E-state index contributed by atoms with van der Waals surface area (Å²) in [7, 11) is 1.38. The monoisotopic (exact) mass is 184 g/mol. The molecule has 0 bridgehead atoms. The van der Waals surface area contributed by atoms with Crippen LogP contribution in [0.5, 0.6) is 0 Å². The third-order valence-corrected chi connectivity index (χ3v) is 3.10. The highest BCUT2D eigenvalue weighted by atomic mass is 16.5. The van der Waals surface area contributed by atoms with Gasteiger partial charge in [0, 0.05) is 18.3 Å². The molecule has 3 nitrogen and oxygen atoms in total. The molecule has 0 aliphatic heterocycles. The molecule has 0 spiro atoms. The van der Waals surface area contributed by atoms with Crippen LogP contribution >= 0.6 is 0 Å². The summed E-state index contributed by atoms with van der Waals surface area (Å²) in [4.78, 5) is 22.5. The van der Waals surface area contributed by atoms with Gasteiger partial charge in [-0.3, -0.25) is 9.59 Å². The van der Waals surface area contributed by atoms with Crippen molar-refractivity contribution in [3.8, 4) is 0 Å². The molecular weight excluding hydrogens is 168 g/mol. The molecule has 74 valence electrons. The van der Waals surface area contributed by atoms with Crippen LogP contribution in [0.4, 0.5) is 0 Å². The molecule has 0 saturated heterocycles. The normalized spacial score (nSPS) is 26.1. The zero-order chi connectivity index (χ0) is 10.1. The van der Waals surface area contributed by atoms with Gasteiger partial charge in [0.05, 0.1) is 7.11 Å². The van der Waals surface area contributed by atoms with Crippen LogP contribution in [0.1, 0.15) is 33.1 Å². The van der Waals surface area contributed by atoms with E-state index in [1.54, 1.807) is 0 Å². The minimum Gasteiger partial charge on any atom is -0.469 e. The number of carbonyl (C=O) groups is 2. The average Bonchev–Trinajstić information content (AvgIpc) is 2.31. The van der Waals surface area contributed by atoms with Crippen molar-refractivity contribution in [3.63, 3.8) is 0 Å². The van der Waals surface area contributed by atoms with E-state index < -0.39 is 0 Å². The Balaban J connectivity index is 2.62. The van der Waals surface area contributed by atoms with Crippen LogP contribution in [0.3, 0.4) is 0 Å².